The van der Waals surface area contributed by atoms with Gasteiger partial charge in [-0.15, -0.1) is 11.3 Å². The minimum Gasteiger partial charge on any atom is -0.340 e. The van der Waals surface area contributed by atoms with Crippen LogP contribution >= 0.6 is 11.3 Å². The highest BCUT2D eigenvalue weighted by Gasteiger charge is 2.22. The summed E-state index contributed by atoms with van der Waals surface area (Å²) in [6.45, 7) is 4.19. The molecule has 1 aliphatic rings. The topological polar surface area (TPSA) is 62.2 Å². The number of carbonyl (C=O) groups excluding carboxylic acids is 1. The lowest BCUT2D eigenvalue weighted by Crippen LogP contribution is -2.48. The van der Waals surface area contributed by atoms with Gasteiger partial charge in [-0.1, -0.05) is 6.07 Å². The Balaban J connectivity index is 1.29. The van der Waals surface area contributed by atoms with E-state index in [1.165, 1.54) is 5.56 Å². The fourth-order valence-corrected chi connectivity index (χ4v) is 3.99. The molecule has 0 atom stereocenters. The lowest BCUT2D eigenvalue weighted by atomic mass is 10.2. The third-order valence-corrected chi connectivity index (χ3v) is 5.59. The fraction of sp³-hybridized carbons (Fsp3) is 0.300. The zero-order valence-electron chi connectivity index (χ0n) is 15.0. The number of hydrogen-bond acceptors (Lipinski definition) is 6. The Morgan fingerprint density at radius 2 is 1.81 bits per heavy atom. The fourth-order valence-electron chi connectivity index (χ4n) is 3.18. The summed E-state index contributed by atoms with van der Waals surface area (Å²) in [6.07, 6.45) is 7.60. The third-order valence-electron chi connectivity index (χ3n) is 4.65. The molecule has 7 heteroatoms. The van der Waals surface area contributed by atoms with E-state index < -0.39 is 0 Å². The average molecular weight is 379 g/mol. The van der Waals surface area contributed by atoms with Crippen molar-refractivity contribution < 1.29 is 4.79 Å². The van der Waals surface area contributed by atoms with Crippen molar-refractivity contribution in [1.29, 1.82) is 0 Å². The Bertz CT molecular complexity index is 876. The summed E-state index contributed by atoms with van der Waals surface area (Å²) >= 11 is 1.56. The monoisotopic (exact) mass is 379 g/mol. The van der Waals surface area contributed by atoms with Crippen molar-refractivity contribution in [3.8, 4) is 10.6 Å². The third kappa shape index (κ3) is 4.56. The molecular weight excluding hydrogens is 358 g/mol. The molecule has 27 heavy (non-hydrogen) atoms. The molecule has 3 aromatic heterocycles. The van der Waals surface area contributed by atoms with Crippen LogP contribution < -0.4 is 0 Å². The van der Waals surface area contributed by atoms with Crippen LogP contribution in [0.4, 0.5) is 0 Å². The molecule has 1 amide bonds. The number of pyridine rings is 2. The summed E-state index contributed by atoms with van der Waals surface area (Å²) in [5.74, 6) is 0.152. The molecule has 1 aliphatic heterocycles. The minimum absolute atomic E-state index is 0.152. The van der Waals surface area contributed by atoms with Gasteiger partial charge in [-0.05, 0) is 23.8 Å². The highest BCUT2D eigenvalue weighted by atomic mass is 32.1. The normalized spacial score (nSPS) is 15.0. The van der Waals surface area contributed by atoms with Crippen LogP contribution in [0.2, 0.25) is 0 Å². The first-order valence-electron chi connectivity index (χ1n) is 9.02. The quantitative estimate of drug-likeness (QED) is 0.682. The van der Waals surface area contributed by atoms with Gasteiger partial charge < -0.3 is 4.90 Å². The minimum atomic E-state index is 0.152. The molecule has 0 bridgehead atoms. The maximum absolute atomic E-state index is 12.6. The number of carbonyl (C=O) groups is 1. The van der Waals surface area contributed by atoms with Gasteiger partial charge in [-0.3, -0.25) is 19.7 Å². The Labute approximate surface area is 162 Å². The van der Waals surface area contributed by atoms with Crippen molar-refractivity contribution in [3.63, 3.8) is 0 Å². The number of amides is 1. The van der Waals surface area contributed by atoms with Gasteiger partial charge >= 0.3 is 0 Å². The van der Waals surface area contributed by atoms with Crippen LogP contribution in [-0.4, -0.2) is 56.8 Å². The summed E-state index contributed by atoms with van der Waals surface area (Å²) < 4.78 is 0. The molecule has 4 heterocycles. The van der Waals surface area contributed by atoms with Crippen LogP contribution in [0.3, 0.4) is 0 Å². The van der Waals surface area contributed by atoms with Gasteiger partial charge in [0.1, 0.15) is 5.01 Å². The Kier molecular flexibility index (Phi) is 5.50. The summed E-state index contributed by atoms with van der Waals surface area (Å²) in [6, 6.07) is 7.93. The number of thiazole rings is 1. The molecule has 0 unspecified atom stereocenters. The molecule has 3 aromatic rings. The molecule has 4 rings (SSSR count). The van der Waals surface area contributed by atoms with Crippen molar-refractivity contribution in [2.75, 3.05) is 26.2 Å². The predicted octanol–water partition coefficient (Wildman–Crippen LogP) is 2.49. The van der Waals surface area contributed by atoms with Crippen molar-refractivity contribution in [2.24, 2.45) is 0 Å². The van der Waals surface area contributed by atoms with E-state index in [1.54, 1.807) is 29.9 Å². The second kappa shape index (κ2) is 8.37. The van der Waals surface area contributed by atoms with Crippen molar-refractivity contribution in [1.82, 2.24) is 24.8 Å². The highest BCUT2D eigenvalue weighted by Crippen LogP contribution is 2.23. The summed E-state index contributed by atoms with van der Waals surface area (Å²) in [5.41, 5.74) is 3.04. The van der Waals surface area contributed by atoms with Gasteiger partial charge in [0.15, 0.2) is 0 Å². The van der Waals surface area contributed by atoms with Crippen LogP contribution in [0, 0.1) is 0 Å². The Morgan fingerprint density at radius 3 is 2.52 bits per heavy atom. The van der Waals surface area contributed by atoms with Gasteiger partial charge in [-0.2, -0.15) is 0 Å². The standard InChI is InChI=1S/C20H21N5OS/c26-19(11-18-15-27-20(23-18)17-4-2-6-22-13-17)25-9-7-24(8-10-25)14-16-3-1-5-21-12-16/h1-6,12-13,15H,7-11,14H2. The Morgan fingerprint density at radius 1 is 1.04 bits per heavy atom. The van der Waals surface area contributed by atoms with Crippen LogP contribution in [0.5, 0.6) is 0 Å². The van der Waals surface area contributed by atoms with E-state index in [2.05, 4.69) is 25.9 Å². The van der Waals surface area contributed by atoms with Crippen LogP contribution in [0.25, 0.3) is 10.6 Å². The molecule has 138 valence electrons. The maximum atomic E-state index is 12.6. The molecule has 1 fully saturated rings. The average Bonchev–Trinajstić information content (AvgIpc) is 3.18. The van der Waals surface area contributed by atoms with Crippen molar-refractivity contribution in [3.05, 3.63) is 65.7 Å². The largest absolute Gasteiger partial charge is 0.340 e. The SMILES string of the molecule is O=C(Cc1csc(-c2cccnc2)n1)N1CCN(Cc2cccnc2)CC1. The van der Waals surface area contributed by atoms with E-state index in [9.17, 15) is 4.79 Å². The van der Waals surface area contributed by atoms with E-state index >= 15 is 0 Å². The molecular formula is C20H21N5OS. The number of nitrogens with zero attached hydrogens (tertiary/aromatic N) is 5. The summed E-state index contributed by atoms with van der Waals surface area (Å²) in [4.78, 5) is 29.8. The zero-order valence-corrected chi connectivity index (χ0v) is 15.8. The predicted molar refractivity (Wildman–Crippen MR) is 105 cm³/mol. The lowest BCUT2D eigenvalue weighted by molar-refractivity contribution is -0.132. The molecule has 0 saturated carbocycles. The van der Waals surface area contributed by atoms with E-state index in [4.69, 9.17) is 0 Å². The van der Waals surface area contributed by atoms with Gasteiger partial charge in [0.25, 0.3) is 0 Å². The molecule has 0 aliphatic carbocycles. The van der Waals surface area contributed by atoms with Gasteiger partial charge in [0, 0.05) is 68.5 Å². The van der Waals surface area contributed by atoms with Crippen molar-refractivity contribution >= 4 is 17.2 Å². The van der Waals surface area contributed by atoms with Crippen LogP contribution in [-0.2, 0) is 17.8 Å². The summed E-state index contributed by atoms with van der Waals surface area (Å²) in [5, 5.41) is 2.88. The van der Waals surface area contributed by atoms with Gasteiger partial charge in [0.2, 0.25) is 5.91 Å². The number of aromatic nitrogens is 3. The molecule has 0 radical (unpaired) electrons. The second-order valence-electron chi connectivity index (χ2n) is 6.58. The molecule has 0 aromatic carbocycles. The molecule has 6 nitrogen and oxygen atoms in total. The van der Waals surface area contributed by atoms with E-state index in [-0.39, 0.29) is 5.91 Å². The lowest BCUT2D eigenvalue weighted by Gasteiger charge is -2.34. The van der Waals surface area contributed by atoms with Crippen LogP contribution in [0.15, 0.2) is 54.4 Å². The molecule has 0 spiro atoms. The van der Waals surface area contributed by atoms with Gasteiger partial charge in [-0.25, -0.2) is 4.98 Å². The number of rotatable bonds is 5. The smallest absolute Gasteiger partial charge is 0.228 e. The van der Waals surface area contributed by atoms with Crippen LogP contribution in [0.1, 0.15) is 11.3 Å². The van der Waals surface area contributed by atoms with E-state index in [1.807, 2.05) is 34.7 Å². The molecule has 1 saturated heterocycles. The van der Waals surface area contributed by atoms with Crippen molar-refractivity contribution in [2.45, 2.75) is 13.0 Å². The first-order valence-corrected chi connectivity index (χ1v) is 9.90. The second-order valence-corrected chi connectivity index (χ2v) is 7.44. The molecule has 0 N–H and O–H groups in total. The first kappa shape index (κ1) is 17.8. The highest BCUT2D eigenvalue weighted by molar-refractivity contribution is 7.13. The van der Waals surface area contributed by atoms with Gasteiger partial charge in [0.05, 0.1) is 12.1 Å². The number of piperazine rings is 1. The van der Waals surface area contributed by atoms with E-state index in [0.29, 0.717) is 6.42 Å². The van der Waals surface area contributed by atoms with E-state index in [0.717, 1.165) is 49.0 Å². The zero-order chi connectivity index (χ0) is 18.5. The summed E-state index contributed by atoms with van der Waals surface area (Å²) in [7, 11) is 0. The maximum Gasteiger partial charge on any atom is 0.228 e. The first-order chi connectivity index (χ1) is 13.3. The Hall–Kier alpha value is -2.64. The number of hydrogen-bond donors (Lipinski definition) is 0.